The van der Waals surface area contributed by atoms with E-state index in [0.29, 0.717) is 12.6 Å². The summed E-state index contributed by atoms with van der Waals surface area (Å²) in [6, 6.07) is 10.6. The Kier molecular flexibility index (Phi) is 4.34. The number of benzene rings is 1. The number of rotatable bonds is 4. The fourth-order valence-electron chi connectivity index (χ4n) is 2.13. The Bertz CT molecular complexity index is 300. The minimum atomic E-state index is 0.322. The van der Waals surface area contributed by atoms with Crippen LogP contribution in [0, 0.1) is 0 Å². The predicted molar refractivity (Wildman–Crippen MR) is 65.1 cm³/mol. The third-order valence-corrected chi connectivity index (χ3v) is 2.96. The molecule has 1 aliphatic heterocycles. The lowest BCUT2D eigenvalue weighted by atomic mass is 10.1. The maximum atomic E-state index is 5.66. The Morgan fingerprint density at radius 3 is 2.88 bits per heavy atom. The second-order valence-corrected chi connectivity index (χ2v) is 4.29. The van der Waals surface area contributed by atoms with Crippen LogP contribution in [0.5, 0.6) is 0 Å². The van der Waals surface area contributed by atoms with Gasteiger partial charge in [0, 0.05) is 19.6 Å². The molecule has 16 heavy (non-hydrogen) atoms. The highest BCUT2D eigenvalue weighted by atomic mass is 16.5. The van der Waals surface area contributed by atoms with E-state index in [0.717, 1.165) is 32.7 Å². The highest BCUT2D eigenvalue weighted by molar-refractivity contribution is 5.14. The van der Waals surface area contributed by atoms with Crippen LogP contribution in [-0.2, 0) is 11.3 Å². The van der Waals surface area contributed by atoms with Gasteiger partial charge in [-0.25, -0.2) is 0 Å². The monoisotopic (exact) mass is 220 g/mol. The molecular formula is C13H20N2O. The molecule has 88 valence electrons. The lowest BCUT2D eigenvalue weighted by molar-refractivity contribution is -0.0335. The fraction of sp³-hybridized carbons (Fsp3) is 0.538. The largest absolute Gasteiger partial charge is 0.376 e. The van der Waals surface area contributed by atoms with Gasteiger partial charge in [0.1, 0.15) is 0 Å². The first-order valence-corrected chi connectivity index (χ1v) is 5.96. The van der Waals surface area contributed by atoms with E-state index in [1.54, 1.807) is 0 Å². The highest BCUT2D eigenvalue weighted by Gasteiger charge is 2.19. The van der Waals surface area contributed by atoms with Gasteiger partial charge in [-0.2, -0.15) is 0 Å². The first kappa shape index (κ1) is 11.6. The molecule has 0 amide bonds. The van der Waals surface area contributed by atoms with Crippen LogP contribution in [-0.4, -0.2) is 37.2 Å². The summed E-state index contributed by atoms with van der Waals surface area (Å²) in [5, 5.41) is 0. The van der Waals surface area contributed by atoms with E-state index in [9.17, 15) is 0 Å². The lowest BCUT2D eigenvalue weighted by Gasteiger charge is -2.32. The van der Waals surface area contributed by atoms with Gasteiger partial charge in [-0.05, 0) is 18.5 Å². The van der Waals surface area contributed by atoms with Gasteiger partial charge in [0.15, 0.2) is 0 Å². The van der Waals surface area contributed by atoms with E-state index in [1.165, 1.54) is 5.56 Å². The second-order valence-electron chi connectivity index (χ2n) is 4.29. The summed E-state index contributed by atoms with van der Waals surface area (Å²) in [5.74, 6) is 0. The third kappa shape index (κ3) is 3.30. The SMILES string of the molecule is NCC[C@@H]1CN(Cc2ccccc2)CCO1. The molecule has 0 spiro atoms. The van der Waals surface area contributed by atoms with Crippen molar-refractivity contribution in [2.24, 2.45) is 5.73 Å². The van der Waals surface area contributed by atoms with Crippen molar-refractivity contribution in [2.75, 3.05) is 26.2 Å². The van der Waals surface area contributed by atoms with Gasteiger partial charge in [-0.1, -0.05) is 30.3 Å². The van der Waals surface area contributed by atoms with E-state index < -0.39 is 0 Å². The summed E-state index contributed by atoms with van der Waals surface area (Å²) in [7, 11) is 0. The third-order valence-electron chi connectivity index (χ3n) is 2.96. The van der Waals surface area contributed by atoms with Gasteiger partial charge in [0.2, 0.25) is 0 Å². The van der Waals surface area contributed by atoms with Crippen molar-refractivity contribution in [3.8, 4) is 0 Å². The fourth-order valence-corrected chi connectivity index (χ4v) is 2.13. The van der Waals surface area contributed by atoms with Gasteiger partial charge in [0.25, 0.3) is 0 Å². The van der Waals surface area contributed by atoms with Crippen LogP contribution >= 0.6 is 0 Å². The van der Waals surface area contributed by atoms with Crippen LogP contribution in [0.25, 0.3) is 0 Å². The molecule has 0 unspecified atom stereocenters. The molecule has 2 N–H and O–H groups in total. The Labute approximate surface area is 97.2 Å². The molecule has 1 aromatic carbocycles. The van der Waals surface area contributed by atoms with Crippen LogP contribution in [0.4, 0.5) is 0 Å². The average Bonchev–Trinajstić information content (AvgIpc) is 2.31. The first-order valence-electron chi connectivity index (χ1n) is 5.96. The minimum absolute atomic E-state index is 0.322. The van der Waals surface area contributed by atoms with Crippen LogP contribution in [0.3, 0.4) is 0 Å². The normalized spacial score (nSPS) is 22.2. The molecule has 3 nitrogen and oxygen atoms in total. The summed E-state index contributed by atoms with van der Waals surface area (Å²) < 4.78 is 5.66. The van der Waals surface area contributed by atoms with E-state index >= 15 is 0 Å². The molecule has 0 aliphatic carbocycles. The van der Waals surface area contributed by atoms with Gasteiger partial charge in [-0.15, -0.1) is 0 Å². The number of nitrogens with two attached hydrogens (primary N) is 1. The molecule has 0 radical (unpaired) electrons. The topological polar surface area (TPSA) is 38.5 Å². The molecule has 1 fully saturated rings. The summed E-state index contributed by atoms with van der Waals surface area (Å²) in [6.07, 6.45) is 1.29. The van der Waals surface area contributed by atoms with Crippen LogP contribution in [0.1, 0.15) is 12.0 Å². The molecular weight excluding hydrogens is 200 g/mol. The molecule has 1 aliphatic rings. The smallest absolute Gasteiger partial charge is 0.0714 e. The van der Waals surface area contributed by atoms with E-state index in [4.69, 9.17) is 10.5 Å². The standard InChI is InChI=1S/C13H20N2O/c14-7-6-13-11-15(8-9-16-13)10-12-4-2-1-3-5-12/h1-5,13H,6-11,14H2/t13-/m1/s1. The zero-order valence-electron chi connectivity index (χ0n) is 9.64. The zero-order chi connectivity index (χ0) is 11.2. The molecule has 2 rings (SSSR count). The Balaban J connectivity index is 1.85. The van der Waals surface area contributed by atoms with Crippen molar-refractivity contribution in [2.45, 2.75) is 19.1 Å². The molecule has 1 heterocycles. The van der Waals surface area contributed by atoms with Gasteiger partial charge >= 0.3 is 0 Å². The minimum Gasteiger partial charge on any atom is -0.376 e. The van der Waals surface area contributed by atoms with Crippen molar-refractivity contribution in [1.82, 2.24) is 4.90 Å². The Morgan fingerprint density at radius 1 is 1.31 bits per heavy atom. The van der Waals surface area contributed by atoms with Gasteiger partial charge in [0.05, 0.1) is 12.7 Å². The van der Waals surface area contributed by atoms with Crippen molar-refractivity contribution in [1.29, 1.82) is 0 Å². The van der Waals surface area contributed by atoms with Crippen LogP contribution < -0.4 is 5.73 Å². The Hall–Kier alpha value is -0.900. The van der Waals surface area contributed by atoms with Gasteiger partial charge in [-0.3, -0.25) is 4.90 Å². The number of morpholine rings is 1. The molecule has 0 saturated carbocycles. The molecule has 3 heteroatoms. The van der Waals surface area contributed by atoms with E-state index in [-0.39, 0.29) is 0 Å². The lowest BCUT2D eigenvalue weighted by Crippen LogP contribution is -2.42. The summed E-state index contributed by atoms with van der Waals surface area (Å²) in [4.78, 5) is 2.44. The van der Waals surface area contributed by atoms with Crippen molar-refractivity contribution in [3.05, 3.63) is 35.9 Å². The Morgan fingerprint density at radius 2 is 2.12 bits per heavy atom. The summed E-state index contributed by atoms with van der Waals surface area (Å²) in [6.45, 7) is 4.59. The molecule has 1 atom stereocenters. The number of nitrogens with zero attached hydrogens (tertiary/aromatic N) is 1. The summed E-state index contributed by atoms with van der Waals surface area (Å²) in [5.41, 5.74) is 6.93. The first-order chi connectivity index (χ1) is 7.88. The predicted octanol–water partition coefficient (Wildman–Crippen LogP) is 1.24. The highest BCUT2D eigenvalue weighted by Crippen LogP contribution is 2.11. The van der Waals surface area contributed by atoms with E-state index in [1.807, 2.05) is 0 Å². The molecule has 1 aromatic rings. The molecule has 0 bridgehead atoms. The van der Waals surface area contributed by atoms with E-state index in [2.05, 4.69) is 35.2 Å². The molecule has 1 saturated heterocycles. The van der Waals surface area contributed by atoms with Crippen LogP contribution in [0.15, 0.2) is 30.3 Å². The van der Waals surface area contributed by atoms with Gasteiger partial charge < -0.3 is 10.5 Å². The van der Waals surface area contributed by atoms with Crippen molar-refractivity contribution < 1.29 is 4.74 Å². The maximum Gasteiger partial charge on any atom is 0.0714 e. The summed E-state index contributed by atoms with van der Waals surface area (Å²) >= 11 is 0. The number of hydrogen-bond acceptors (Lipinski definition) is 3. The number of ether oxygens (including phenoxy) is 1. The number of hydrogen-bond donors (Lipinski definition) is 1. The molecule has 0 aromatic heterocycles. The quantitative estimate of drug-likeness (QED) is 0.829. The maximum absolute atomic E-state index is 5.66. The van der Waals surface area contributed by atoms with Crippen molar-refractivity contribution >= 4 is 0 Å². The van der Waals surface area contributed by atoms with Crippen molar-refractivity contribution in [3.63, 3.8) is 0 Å². The van der Waals surface area contributed by atoms with Crippen LogP contribution in [0.2, 0.25) is 0 Å². The average molecular weight is 220 g/mol. The zero-order valence-corrected chi connectivity index (χ0v) is 9.64. The second kappa shape index (κ2) is 5.99.